The zero-order valence-electron chi connectivity index (χ0n) is 9.92. The molecule has 1 N–H and O–H groups in total. The van der Waals surface area contributed by atoms with E-state index in [1.807, 2.05) is 13.0 Å². The maximum absolute atomic E-state index is 10.3. The Morgan fingerprint density at radius 2 is 2.22 bits per heavy atom. The highest BCUT2D eigenvalue weighted by atomic mass is 16.5. The van der Waals surface area contributed by atoms with Crippen molar-refractivity contribution in [3.05, 3.63) is 35.9 Å². The van der Waals surface area contributed by atoms with Gasteiger partial charge in [-0.2, -0.15) is 5.26 Å². The van der Waals surface area contributed by atoms with Gasteiger partial charge in [-0.1, -0.05) is 0 Å². The first-order valence-corrected chi connectivity index (χ1v) is 5.36. The van der Waals surface area contributed by atoms with Crippen molar-refractivity contribution in [3.63, 3.8) is 0 Å². The van der Waals surface area contributed by atoms with E-state index < -0.39 is 5.97 Å². The summed E-state index contributed by atoms with van der Waals surface area (Å²) in [6.07, 6.45) is 2.39. The van der Waals surface area contributed by atoms with Gasteiger partial charge < -0.3 is 14.6 Å². The Bertz CT molecular complexity index is 488. The number of carboxylic acids is 1. The number of ether oxygens (including phenoxy) is 2. The smallest absolute Gasteiger partial charge is 0.328 e. The number of hydrogen-bond acceptors (Lipinski definition) is 4. The second-order valence-electron chi connectivity index (χ2n) is 3.26. The molecule has 0 aliphatic rings. The topological polar surface area (TPSA) is 79.5 Å². The van der Waals surface area contributed by atoms with Gasteiger partial charge >= 0.3 is 5.97 Å². The molecule has 18 heavy (non-hydrogen) atoms. The van der Waals surface area contributed by atoms with Crippen molar-refractivity contribution in [1.29, 1.82) is 5.26 Å². The second kappa shape index (κ2) is 6.97. The number of carboxylic acid groups (broad SMARTS) is 1. The van der Waals surface area contributed by atoms with Crippen molar-refractivity contribution in [2.24, 2.45) is 0 Å². The predicted molar refractivity (Wildman–Crippen MR) is 64.6 cm³/mol. The number of nitrogens with zero attached hydrogens (tertiary/aromatic N) is 1. The summed E-state index contributed by atoms with van der Waals surface area (Å²) in [5.74, 6) is -0.0744. The minimum absolute atomic E-state index is 0.123. The van der Waals surface area contributed by atoms with Crippen LogP contribution in [0, 0.1) is 11.3 Å². The van der Waals surface area contributed by atoms with Gasteiger partial charge in [0.1, 0.15) is 6.61 Å². The first kappa shape index (κ1) is 13.6. The number of benzene rings is 1. The zero-order chi connectivity index (χ0) is 13.4. The molecule has 1 rings (SSSR count). The third-order valence-electron chi connectivity index (χ3n) is 1.97. The summed E-state index contributed by atoms with van der Waals surface area (Å²) < 4.78 is 10.7. The SMILES string of the molecule is CCOc1cc(C#N)ccc1OCC=CC(=O)O. The molecule has 0 radical (unpaired) electrons. The Morgan fingerprint density at radius 1 is 1.44 bits per heavy atom. The van der Waals surface area contributed by atoms with E-state index in [-0.39, 0.29) is 6.61 Å². The lowest BCUT2D eigenvalue weighted by molar-refractivity contribution is -0.131. The standard InChI is InChI=1S/C13H13NO4/c1-2-17-12-8-10(9-14)5-6-11(12)18-7-3-4-13(15)16/h3-6,8H,2,7H2,1H3,(H,15,16). The highest BCUT2D eigenvalue weighted by Gasteiger charge is 2.05. The lowest BCUT2D eigenvalue weighted by Gasteiger charge is -2.10. The van der Waals surface area contributed by atoms with Gasteiger partial charge in [0, 0.05) is 12.1 Å². The van der Waals surface area contributed by atoms with Crippen LogP contribution in [-0.4, -0.2) is 24.3 Å². The number of rotatable bonds is 6. The average Bonchev–Trinajstić information content (AvgIpc) is 2.36. The van der Waals surface area contributed by atoms with Crippen LogP contribution in [-0.2, 0) is 4.79 Å². The number of aliphatic carboxylic acids is 1. The number of nitriles is 1. The Morgan fingerprint density at radius 3 is 2.83 bits per heavy atom. The molecule has 0 atom stereocenters. The van der Waals surface area contributed by atoms with Gasteiger partial charge in [-0.3, -0.25) is 0 Å². The fourth-order valence-electron chi connectivity index (χ4n) is 1.25. The van der Waals surface area contributed by atoms with E-state index in [1.54, 1.807) is 18.2 Å². The van der Waals surface area contributed by atoms with Crippen LogP contribution in [0.1, 0.15) is 12.5 Å². The van der Waals surface area contributed by atoms with Crippen molar-refractivity contribution < 1.29 is 19.4 Å². The lowest BCUT2D eigenvalue weighted by atomic mass is 10.2. The minimum Gasteiger partial charge on any atom is -0.490 e. The number of hydrogen-bond donors (Lipinski definition) is 1. The van der Waals surface area contributed by atoms with E-state index in [1.165, 1.54) is 6.08 Å². The number of carbonyl (C=O) groups is 1. The van der Waals surface area contributed by atoms with Gasteiger partial charge in [-0.25, -0.2) is 4.79 Å². The van der Waals surface area contributed by atoms with E-state index in [2.05, 4.69) is 0 Å². The molecule has 0 saturated carbocycles. The fraction of sp³-hybridized carbons (Fsp3) is 0.231. The molecule has 0 heterocycles. The Labute approximate surface area is 105 Å². The lowest BCUT2D eigenvalue weighted by Crippen LogP contribution is -2.00. The highest BCUT2D eigenvalue weighted by molar-refractivity contribution is 5.79. The summed E-state index contributed by atoms with van der Waals surface area (Å²) in [6, 6.07) is 6.82. The molecule has 1 aromatic carbocycles. The van der Waals surface area contributed by atoms with Crippen LogP contribution >= 0.6 is 0 Å². The van der Waals surface area contributed by atoms with Crippen molar-refractivity contribution in [2.45, 2.75) is 6.92 Å². The van der Waals surface area contributed by atoms with Gasteiger partial charge in [0.25, 0.3) is 0 Å². The molecule has 0 bridgehead atoms. The molecule has 5 nitrogen and oxygen atoms in total. The molecule has 1 aromatic rings. The first-order valence-electron chi connectivity index (χ1n) is 5.36. The predicted octanol–water partition coefficient (Wildman–Crippen LogP) is 1.98. The van der Waals surface area contributed by atoms with E-state index in [0.717, 1.165) is 6.08 Å². The van der Waals surface area contributed by atoms with E-state index in [4.69, 9.17) is 19.8 Å². The summed E-state index contributed by atoms with van der Waals surface area (Å²) in [5, 5.41) is 17.2. The van der Waals surface area contributed by atoms with E-state index in [0.29, 0.717) is 23.7 Å². The molecule has 0 amide bonds. The Hall–Kier alpha value is -2.48. The van der Waals surface area contributed by atoms with Crippen molar-refractivity contribution in [2.75, 3.05) is 13.2 Å². The average molecular weight is 247 g/mol. The molecule has 0 saturated heterocycles. The molecular weight excluding hydrogens is 234 g/mol. The molecule has 0 aliphatic heterocycles. The highest BCUT2D eigenvalue weighted by Crippen LogP contribution is 2.28. The fourth-order valence-corrected chi connectivity index (χ4v) is 1.25. The summed E-state index contributed by atoms with van der Waals surface area (Å²) in [5.41, 5.74) is 0.479. The Balaban J connectivity index is 2.75. The van der Waals surface area contributed by atoms with Gasteiger partial charge in [-0.05, 0) is 25.1 Å². The maximum atomic E-state index is 10.3. The summed E-state index contributed by atoms with van der Waals surface area (Å²) >= 11 is 0. The normalized spacial score (nSPS) is 10.0. The van der Waals surface area contributed by atoms with Crippen LogP contribution in [0.3, 0.4) is 0 Å². The molecule has 5 heteroatoms. The van der Waals surface area contributed by atoms with E-state index >= 15 is 0 Å². The molecular formula is C13H13NO4. The van der Waals surface area contributed by atoms with Crippen molar-refractivity contribution in [3.8, 4) is 17.6 Å². The van der Waals surface area contributed by atoms with Crippen LogP contribution in [0.25, 0.3) is 0 Å². The van der Waals surface area contributed by atoms with Crippen LogP contribution in [0.15, 0.2) is 30.4 Å². The van der Waals surface area contributed by atoms with Crippen LogP contribution in [0.2, 0.25) is 0 Å². The van der Waals surface area contributed by atoms with Gasteiger partial charge in [-0.15, -0.1) is 0 Å². The molecule has 0 unspecified atom stereocenters. The van der Waals surface area contributed by atoms with E-state index in [9.17, 15) is 4.79 Å². The van der Waals surface area contributed by atoms with Crippen molar-refractivity contribution >= 4 is 5.97 Å². The maximum Gasteiger partial charge on any atom is 0.328 e. The molecule has 0 fully saturated rings. The summed E-state index contributed by atoms with van der Waals surface area (Å²) in [7, 11) is 0. The zero-order valence-corrected chi connectivity index (χ0v) is 9.92. The molecule has 94 valence electrons. The monoisotopic (exact) mass is 247 g/mol. The summed E-state index contributed by atoms with van der Waals surface area (Å²) in [4.78, 5) is 10.3. The quantitative estimate of drug-likeness (QED) is 0.777. The van der Waals surface area contributed by atoms with Crippen molar-refractivity contribution in [1.82, 2.24) is 0 Å². The first-order chi connectivity index (χ1) is 8.67. The second-order valence-corrected chi connectivity index (χ2v) is 3.26. The van der Waals surface area contributed by atoms with Crippen LogP contribution < -0.4 is 9.47 Å². The van der Waals surface area contributed by atoms with Gasteiger partial charge in [0.15, 0.2) is 11.5 Å². The third-order valence-corrected chi connectivity index (χ3v) is 1.97. The van der Waals surface area contributed by atoms with Crippen LogP contribution in [0.4, 0.5) is 0 Å². The minimum atomic E-state index is -1.02. The molecule has 0 aromatic heterocycles. The van der Waals surface area contributed by atoms with Crippen LogP contribution in [0.5, 0.6) is 11.5 Å². The van der Waals surface area contributed by atoms with Gasteiger partial charge in [0.2, 0.25) is 0 Å². The Kier molecular flexibility index (Phi) is 5.26. The largest absolute Gasteiger partial charge is 0.490 e. The summed E-state index contributed by atoms with van der Waals surface area (Å²) in [6.45, 7) is 2.40. The molecule has 0 spiro atoms. The third kappa shape index (κ3) is 4.18. The molecule has 0 aliphatic carbocycles. The van der Waals surface area contributed by atoms with Gasteiger partial charge in [0.05, 0.1) is 18.2 Å².